The van der Waals surface area contributed by atoms with Crippen LogP contribution in [0.25, 0.3) is 0 Å². The molecule has 0 aliphatic carbocycles. The number of nitrogens with one attached hydrogen (secondary N) is 1. The van der Waals surface area contributed by atoms with Gasteiger partial charge in [-0.1, -0.05) is 0 Å². The van der Waals surface area contributed by atoms with Crippen molar-refractivity contribution in [3.05, 3.63) is 47.5 Å². The first-order chi connectivity index (χ1) is 12.4. The Hall–Kier alpha value is -1.84. The Morgan fingerprint density at radius 1 is 1.12 bits per heavy atom. The molecule has 1 atom stereocenters. The molecule has 0 amide bonds. The lowest BCUT2D eigenvalue weighted by Crippen LogP contribution is -2.31. The topological polar surface area (TPSA) is 64.6 Å². The number of hydrogen-bond donors (Lipinski definition) is 1. The fourth-order valence-electron chi connectivity index (χ4n) is 2.78. The van der Waals surface area contributed by atoms with Crippen LogP contribution in [-0.2, 0) is 10.0 Å². The molecule has 0 spiro atoms. The van der Waals surface area contributed by atoms with Crippen LogP contribution in [0.3, 0.4) is 0 Å². The molecular formula is C17H17F2NO4S2. The second-order valence-electron chi connectivity index (χ2n) is 5.63. The molecule has 26 heavy (non-hydrogen) atoms. The fourth-order valence-corrected chi connectivity index (χ4v) is 5.21. The third kappa shape index (κ3) is 3.65. The molecule has 2 aromatic rings. The molecule has 1 aliphatic heterocycles. The molecule has 1 heterocycles. The molecule has 1 unspecified atom stereocenters. The van der Waals surface area contributed by atoms with Gasteiger partial charge in [-0.25, -0.2) is 21.9 Å². The zero-order valence-corrected chi connectivity index (χ0v) is 15.7. The average molecular weight is 401 g/mol. The molecule has 140 valence electrons. The first-order valence-electron chi connectivity index (χ1n) is 7.72. The number of halogens is 2. The van der Waals surface area contributed by atoms with E-state index in [0.29, 0.717) is 17.7 Å². The molecular weight excluding hydrogens is 384 g/mol. The highest BCUT2D eigenvalue weighted by Crippen LogP contribution is 2.38. The molecule has 2 aromatic carbocycles. The first kappa shape index (κ1) is 18.9. The number of rotatable bonds is 5. The van der Waals surface area contributed by atoms with Crippen LogP contribution in [0.15, 0.2) is 40.1 Å². The molecule has 5 nitrogen and oxygen atoms in total. The Morgan fingerprint density at radius 2 is 1.81 bits per heavy atom. The second kappa shape index (κ2) is 7.42. The van der Waals surface area contributed by atoms with Crippen molar-refractivity contribution in [3.63, 3.8) is 0 Å². The largest absolute Gasteiger partial charge is 0.493 e. The van der Waals surface area contributed by atoms with E-state index >= 15 is 0 Å². The van der Waals surface area contributed by atoms with Crippen LogP contribution in [0, 0.1) is 11.6 Å². The summed E-state index contributed by atoms with van der Waals surface area (Å²) in [5, 5.41) is 0. The summed E-state index contributed by atoms with van der Waals surface area (Å²) in [6.07, 6.45) is 0.468. The maximum absolute atomic E-state index is 14.3. The summed E-state index contributed by atoms with van der Waals surface area (Å²) >= 11 is 1.53. The molecule has 3 rings (SSSR count). The zero-order chi connectivity index (χ0) is 18.9. The van der Waals surface area contributed by atoms with E-state index in [4.69, 9.17) is 9.47 Å². The summed E-state index contributed by atoms with van der Waals surface area (Å²) in [4.78, 5) is 0.254. The van der Waals surface area contributed by atoms with E-state index in [1.807, 2.05) is 0 Å². The molecule has 0 fully saturated rings. The molecule has 0 aromatic heterocycles. The van der Waals surface area contributed by atoms with Crippen LogP contribution in [-0.4, -0.2) is 28.4 Å². The van der Waals surface area contributed by atoms with Crippen molar-refractivity contribution in [1.29, 1.82) is 0 Å². The van der Waals surface area contributed by atoms with Gasteiger partial charge >= 0.3 is 0 Å². The zero-order valence-electron chi connectivity index (χ0n) is 14.1. The van der Waals surface area contributed by atoms with E-state index in [9.17, 15) is 17.2 Å². The lowest BCUT2D eigenvalue weighted by Gasteiger charge is -2.26. The van der Waals surface area contributed by atoms with Crippen molar-refractivity contribution in [2.24, 2.45) is 0 Å². The maximum Gasteiger partial charge on any atom is 0.244 e. The fraction of sp³-hybridized carbons (Fsp3) is 0.294. The number of methoxy groups -OCH3 is 2. The summed E-state index contributed by atoms with van der Waals surface area (Å²) in [6, 6.07) is 5.64. The summed E-state index contributed by atoms with van der Waals surface area (Å²) in [7, 11) is -1.54. The minimum absolute atomic E-state index is 0.0884. The Labute approximate surface area is 154 Å². The Morgan fingerprint density at radius 3 is 2.50 bits per heavy atom. The monoisotopic (exact) mass is 401 g/mol. The van der Waals surface area contributed by atoms with E-state index in [0.717, 1.165) is 17.0 Å². The van der Waals surface area contributed by atoms with Gasteiger partial charge in [-0.2, -0.15) is 0 Å². The van der Waals surface area contributed by atoms with Gasteiger partial charge < -0.3 is 9.47 Å². The summed E-state index contributed by atoms with van der Waals surface area (Å²) in [6.45, 7) is 0. The first-order valence-corrected chi connectivity index (χ1v) is 10.2. The molecule has 1 N–H and O–H groups in total. The van der Waals surface area contributed by atoms with E-state index < -0.39 is 32.6 Å². The van der Waals surface area contributed by atoms with Crippen molar-refractivity contribution in [2.75, 3.05) is 20.0 Å². The van der Waals surface area contributed by atoms with Gasteiger partial charge in [0.15, 0.2) is 11.5 Å². The minimum atomic E-state index is -4.20. The molecule has 9 heteroatoms. The van der Waals surface area contributed by atoms with Gasteiger partial charge in [-0.15, -0.1) is 11.8 Å². The van der Waals surface area contributed by atoms with Gasteiger partial charge in [0.2, 0.25) is 10.0 Å². The minimum Gasteiger partial charge on any atom is -0.493 e. The molecule has 1 aliphatic rings. The Balaban J connectivity index is 1.97. The number of hydrogen-bond acceptors (Lipinski definition) is 5. The quantitative estimate of drug-likeness (QED) is 0.831. The van der Waals surface area contributed by atoms with Crippen LogP contribution in [0.1, 0.15) is 18.0 Å². The number of thioether (sulfide) groups is 1. The Bertz CT molecular complexity index is 935. The number of fused-ring (bicyclic) bond motifs is 1. The second-order valence-corrected chi connectivity index (χ2v) is 8.45. The normalized spacial score (nSPS) is 16.8. The third-order valence-electron chi connectivity index (χ3n) is 4.04. The van der Waals surface area contributed by atoms with E-state index in [2.05, 4.69) is 4.72 Å². The highest BCUT2D eigenvalue weighted by molar-refractivity contribution is 7.99. The predicted octanol–water partition coefficient (Wildman–Crippen LogP) is 3.50. The molecule has 0 saturated heterocycles. The number of benzene rings is 2. The van der Waals surface area contributed by atoms with E-state index in [1.165, 1.54) is 38.1 Å². The van der Waals surface area contributed by atoms with Crippen LogP contribution in [0.5, 0.6) is 11.5 Å². The standard InChI is InChI=1S/C17H17F2NO4S2/c1-23-14-8-12(19)17(9-15(14)24-2)26(21,22)20-13-5-6-25-16-4-3-10(18)7-11(13)16/h3-4,7-9,13,20H,5-6H2,1-2H3. The molecule has 0 radical (unpaired) electrons. The SMILES string of the molecule is COc1cc(F)c(S(=O)(=O)NC2CCSc3ccc(F)cc32)cc1OC. The smallest absolute Gasteiger partial charge is 0.244 e. The van der Waals surface area contributed by atoms with Crippen molar-refractivity contribution >= 4 is 21.8 Å². The Kier molecular flexibility index (Phi) is 5.40. The highest BCUT2D eigenvalue weighted by Gasteiger charge is 2.29. The lowest BCUT2D eigenvalue weighted by atomic mass is 10.0. The summed E-state index contributed by atoms with van der Waals surface area (Å²) in [5.41, 5.74) is 0.547. The van der Waals surface area contributed by atoms with Crippen LogP contribution in [0.2, 0.25) is 0 Å². The predicted molar refractivity (Wildman–Crippen MR) is 94.3 cm³/mol. The van der Waals surface area contributed by atoms with Gasteiger partial charge in [0.1, 0.15) is 16.5 Å². The summed E-state index contributed by atoms with van der Waals surface area (Å²) in [5.74, 6) is -0.557. The number of sulfonamides is 1. The van der Waals surface area contributed by atoms with E-state index in [1.54, 1.807) is 6.07 Å². The van der Waals surface area contributed by atoms with Crippen molar-refractivity contribution < 1.29 is 26.7 Å². The summed E-state index contributed by atoms with van der Waals surface area (Å²) < 4.78 is 65.9. The van der Waals surface area contributed by atoms with Crippen molar-refractivity contribution in [2.45, 2.75) is 22.3 Å². The maximum atomic E-state index is 14.3. The molecule has 0 bridgehead atoms. The van der Waals surface area contributed by atoms with Gasteiger partial charge in [-0.05, 0) is 35.9 Å². The number of ether oxygens (including phenoxy) is 2. The van der Waals surface area contributed by atoms with Crippen molar-refractivity contribution in [3.8, 4) is 11.5 Å². The lowest BCUT2D eigenvalue weighted by molar-refractivity contribution is 0.350. The van der Waals surface area contributed by atoms with Gasteiger partial charge in [0, 0.05) is 23.1 Å². The van der Waals surface area contributed by atoms with Crippen LogP contribution >= 0.6 is 11.8 Å². The van der Waals surface area contributed by atoms with Gasteiger partial charge in [0.25, 0.3) is 0 Å². The molecule has 0 saturated carbocycles. The van der Waals surface area contributed by atoms with Crippen LogP contribution in [0.4, 0.5) is 8.78 Å². The van der Waals surface area contributed by atoms with Gasteiger partial charge in [-0.3, -0.25) is 0 Å². The average Bonchev–Trinajstić information content (AvgIpc) is 2.61. The van der Waals surface area contributed by atoms with Crippen LogP contribution < -0.4 is 14.2 Å². The third-order valence-corrected chi connectivity index (χ3v) is 6.65. The van der Waals surface area contributed by atoms with Crippen molar-refractivity contribution in [1.82, 2.24) is 4.72 Å². The highest BCUT2D eigenvalue weighted by atomic mass is 32.2. The van der Waals surface area contributed by atoms with Gasteiger partial charge in [0.05, 0.1) is 14.2 Å². The van der Waals surface area contributed by atoms with E-state index in [-0.39, 0.29) is 11.5 Å².